The van der Waals surface area contributed by atoms with Crippen LogP contribution in [0.1, 0.15) is 11.5 Å². The zero-order valence-corrected chi connectivity index (χ0v) is 33.8. The summed E-state index contributed by atoms with van der Waals surface area (Å²) in [6.07, 6.45) is 8.95. The lowest BCUT2D eigenvalue weighted by Crippen LogP contribution is -2.30. The highest BCUT2D eigenvalue weighted by atomic mass is 15.3. The van der Waals surface area contributed by atoms with Crippen LogP contribution < -0.4 is 4.90 Å². The van der Waals surface area contributed by atoms with E-state index >= 15 is 0 Å². The van der Waals surface area contributed by atoms with E-state index in [-0.39, 0.29) is 12.0 Å². The molecular formula is C57H39N5. The van der Waals surface area contributed by atoms with Crippen molar-refractivity contribution in [1.82, 2.24) is 19.5 Å². The Labute approximate surface area is 360 Å². The van der Waals surface area contributed by atoms with E-state index in [0.717, 1.165) is 44.7 Å². The molecule has 8 aromatic carbocycles. The number of para-hydroxylation sites is 2. The third kappa shape index (κ3) is 5.97. The van der Waals surface area contributed by atoms with Crippen molar-refractivity contribution in [3.63, 3.8) is 0 Å². The van der Waals surface area contributed by atoms with Gasteiger partial charge in [0.05, 0.1) is 28.5 Å². The molecule has 5 heteroatoms. The highest BCUT2D eigenvalue weighted by Crippen LogP contribution is 2.53. The lowest BCUT2D eigenvalue weighted by Gasteiger charge is -2.28. The Morgan fingerprint density at radius 2 is 0.935 bits per heavy atom. The van der Waals surface area contributed by atoms with Gasteiger partial charge in [0.2, 0.25) is 5.95 Å². The molecule has 2 unspecified atom stereocenters. The quantitative estimate of drug-likeness (QED) is 0.161. The highest BCUT2D eigenvalue weighted by Gasteiger charge is 2.41. The van der Waals surface area contributed by atoms with Crippen LogP contribution in [0.25, 0.3) is 83.6 Å². The third-order valence-electron chi connectivity index (χ3n) is 12.4. The molecule has 2 aliphatic rings. The van der Waals surface area contributed by atoms with E-state index in [2.05, 4.69) is 198 Å². The van der Waals surface area contributed by atoms with Gasteiger partial charge in [-0.25, -0.2) is 4.98 Å². The van der Waals surface area contributed by atoms with E-state index < -0.39 is 0 Å². The number of fused-ring (bicyclic) bond motifs is 7. The number of nitrogens with zero attached hydrogens (tertiary/aromatic N) is 5. The summed E-state index contributed by atoms with van der Waals surface area (Å²) in [5.41, 5.74) is 14.6. The van der Waals surface area contributed by atoms with Crippen molar-refractivity contribution < 1.29 is 0 Å². The van der Waals surface area contributed by atoms with Gasteiger partial charge in [0.25, 0.3) is 0 Å². The molecule has 0 spiro atoms. The van der Waals surface area contributed by atoms with Gasteiger partial charge in [-0.15, -0.1) is 0 Å². The average Bonchev–Trinajstić information content (AvgIpc) is 3.88. The topological polar surface area (TPSA) is 46.8 Å². The third-order valence-corrected chi connectivity index (χ3v) is 12.4. The molecule has 0 amide bonds. The minimum atomic E-state index is -0.0482. The SMILES string of the molecule is C1=CC2c3ccc4c5ccccc5n(-c5ccccc5-c5cc(-c6ccccc6)cc(-c6ccccc6)c5)c4c3N(c3nc(-c4ccccc4)nc(-c4ccccc4)n3)C2C=C1. The van der Waals surface area contributed by atoms with Crippen LogP contribution in [0.5, 0.6) is 0 Å². The average molecular weight is 794 g/mol. The van der Waals surface area contributed by atoms with Crippen molar-refractivity contribution in [3.8, 4) is 61.8 Å². The number of allylic oxidation sites excluding steroid dienone is 2. The Kier molecular flexibility index (Phi) is 8.56. The minimum absolute atomic E-state index is 0.0482. The number of hydrogen-bond donors (Lipinski definition) is 0. The van der Waals surface area contributed by atoms with Gasteiger partial charge >= 0.3 is 0 Å². The Morgan fingerprint density at radius 1 is 0.403 bits per heavy atom. The van der Waals surface area contributed by atoms with Gasteiger partial charge in [-0.2, -0.15) is 9.97 Å². The van der Waals surface area contributed by atoms with Gasteiger partial charge in [0.15, 0.2) is 11.6 Å². The summed E-state index contributed by atoms with van der Waals surface area (Å²) >= 11 is 0. The number of aromatic nitrogens is 4. The molecular weight excluding hydrogens is 755 g/mol. The molecule has 0 N–H and O–H groups in total. The van der Waals surface area contributed by atoms with Crippen molar-refractivity contribution in [1.29, 1.82) is 0 Å². The molecule has 292 valence electrons. The summed E-state index contributed by atoms with van der Waals surface area (Å²) in [4.78, 5) is 18.1. The van der Waals surface area contributed by atoms with Gasteiger partial charge in [0.1, 0.15) is 0 Å². The number of rotatable bonds is 7. The smallest absolute Gasteiger partial charge is 0.234 e. The van der Waals surface area contributed by atoms with Crippen LogP contribution in [0.3, 0.4) is 0 Å². The van der Waals surface area contributed by atoms with Gasteiger partial charge < -0.3 is 9.47 Å². The number of anilines is 2. The van der Waals surface area contributed by atoms with Gasteiger partial charge in [0, 0.05) is 33.4 Å². The van der Waals surface area contributed by atoms with Crippen LogP contribution in [-0.4, -0.2) is 25.6 Å². The zero-order valence-electron chi connectivity index (χ0n) is 33.8. The lowest BCUT2D eigenvalue weighted by molar-refractivity contribution is 0.728. The Hall–Kier alpha value is -8.15. The second kappa shape index (κ2) is 14.8. The molecule has 10 aromatic rings. The summed E-state index contributed by atoms with van der Waals surface area (Å²) in [7, 11) is 0. The van der Waals surface area contributed by atoms with Crippen LogP contribution >= 0.6 is 0 Å². The standard InChI is InChI=1S/C57H39N5/c1-5-19-38(20-6-1)42-35-43(39-21-7-2-8-22-39)37-44(36-42)45-27-13-16-30-50(45)61-51-31-17-14-28-46(51)48-33-34-49-47-29-15-18-32-52(47)62(54(49)53(48)61)57-59-55(40-23-9-3-10-24-40)58-56(60-57)41-25-11-4-12-26-41/h1-37,47,52H. The monoisotopic (exact) mass is 793 g/mol. The van der Waals surface area contributed by atoms with Gasteiger partial charge in [-0.3, -0.25) is 0 Å². The Morgan fingerprint density at radius 3 is 1.58 bits per heavy atom. The molecule has 2 aromatic heterocycles. The van der Waals surface area contributed by atoms with E-state index in [0.29, 0.717) is 17.6 Å². The molecule has 0 fully saturated rings. The second-order valence-corrected chi connectivity index (χ2v) is 16.0. The largest absolute Gasteiger partial charge is 0.307 e. The predicted molar refractivity (Wildman–Crippen MR) is 255 cm³/mol. The molecule has 12 rings (SSSR count). The van der Waals surface area contributed by atoms with Gasteiger partial charge in [-0.1, -0.05) is 194 Å². The molecule has 0 saturated carbocycles. The Balaban J connectivity index is 1.14. The maximum Gasteiger partial charge on any atom is 0.234 e. The molecule has 1 aliphatic carbocycles. The lowest BCUT2D eigenvalue weighted by atomic mass is 9.91. The van der Waals surface area contributed by atoms with Crippen LogP contribution in [0.2, 0.25) is 0 Å². The summed E-state index contributed by atoms with van der Waals surface area (Å²) in [6.45, 7) is 0. The number of hydrogen-bond acceptors (Lipinski definition) is 4. The number of benzene rings is 8. The van der Waals surface area contributed by atoms with Crippen LogP contribution in [0.15, 0.2) is 224 Å². The van der Waals surface area contributed by atoms with Crippen molar-refractivity contribution in [2.45, 2.75) is 12.0 Å². The van der Waals surface area contributed by atoms with E-state index in [9.17, 15) is 0 Å². The fourth-order valence-corrected chi connectivity index (χ4v) is 9.54. The summed E-state index contributed by atoms with van der Waals surface area (Å²) in [5.74, 6) is 1.99. The first-order valence-electron chi connectivity index (χ1n) is 21.2. The normalized spacial score (nSPS) is 15.3. The van der Waals surface area contributed by atoms with Crippen molar-refractivity contribution in [2.24, 2.45) is 0 Å². The first-order valence-corrected chi connectivity index (χ1v) is 21.2. The fraction of sp³-hybridized carbons (Fsp3) is 0.0351. The second-order valence-electron chi connectivity index (χ2n) is 16.0. The first-order chi connectivity index (χ1) is 30.8. The highest BCUT2D eigenvalue weighted by molar-refractivity contribution is 6.15. The molecule has 3 heterocycles. The van der Waals surface area contributed by atoms with E-state index in [1.807, 2.05) is 36.4 Å². The van der Waals surface area contributed by atoms with Crippen LogP contribution in [0.4, 0.5) is 11.6 Å². The summed E-state index contributed by atoms with van der Waals surface area (Å²) < 4.78 is 2.49. The van der Waals surface area contributed by atoms with Crippen molar-refractivity contribution in [3.05, 3.63) is 230 Å². The molecule has 0 radical (unpaired) electrons. The Bertz CT molecular complexity index is 3240. The van der Waals surface area contributed by atoms with Gasteiger partial charge in [-0.05, 0) is 63.7 Å². The van der Waals surface area contributed by atoms with E-state index in [1.165, 1.54) is 38.6 Å². The molecule has 2 atom stereocenters. The van der Waals surface area contributed by atoms with Crippen molar-refractivity contribution in [2.75, 3.05) is 4.90 Å². The molecule has 0 saturated heterocycles. The predicted octanol–water partition coefficient (Wildman–Crippen LogP) is 14.0. The van der Waals surface area contributed by atoms with Crippen LogP contribution in [-0.2, 0) is 0 Å². The fourth-order valence-electron chi connectivity index (χ4n) is 9.54. The molecule has 0 bridgehead atoms. The molecule has 1 aliphatic heterocycles. The maximum atomic E-state index is 5.34. The minimum Gasteiger partial charge on any atom is -0.307 e. The van der Waals surface area contributed by atoms with Crippen LogP contribution in [0, 0.1) is 0 Å². The first kappa shape index (κ1) is 35.8. The summed E-state index contributed by atoms with van der Waals surface area (Å²) in [6, 6.07) is 71.1. The van der Waals surface area contributed by atoms with E-state index in [4.69, 9.17) is 15.0 Å². The van der Waals surface area contributed by atoms with E-state index in [1.54, 1.807) is 0 Å². The summed E-state index contributed by atoms with van der Waals surface area (Å²) in [5, 5.41) is 2.36. The zero-order chi connectivity index (χ0) is 41.0. The molecule has 5 nitrogen and oxygen atoms in total. The molecule has 62 heavy (non-hydrogen) atoms. The maximum absolute atomic E-state index is 5.34. The van der Waals surface area contributed by atoms with Crippen molar-refractivity contribution >= 4 is 33.4 Å².